The highest BCUT2D eigenvalue weighted by atomic mass is 36.0. The maximum Gasteiger partial charge on any atom is 0.306 e. The Morgan fingerprint density at radius 3 is 1.33 bits per heavy atom. The zero-order valence-corrected chi connectivity index (χ0v) is 20.2. The van der Waals surface area contributed by atoms with E-state index >= 15 is 0 Å². The van der Waals surface area contributed by atoms with E-state index in [0.717, 1.165) is 12.8 Å². The molecule has 0 amide bonds. The molecule has 27 heavy (non-hydrogen) atoms. The molecule has 0 fully saturated rings. The second kappa shape index (κ2) is 19.7. The maximum absolute atomic E-state index is 11.5. The first-order valence-electron chi connectivity index (χ1n) is 11.3. The average molecular weight is 444 g/mol. The number of esters is 1. The van der Waals surface area contributed by atoms with Gasteiger partial charge in [-0.2, -0.15) is 0 Å². The summed E-state index contributed by atoms with van der Waals surface area (Å²) in [5, 5.41) is 0. The molecule has 0 aromatic carbocycles. The number of hydrogen-bond donors (Lipinski definition) is 0. The fourth-order valence-electron chi connectivity index (χ4n) is 3.24. The Hall–Kier alpha value is 0.400. The maximum atomic E-state index is 11.5. The van der Waals surface area contributed by atoms with Gasteiger partial charge < -0.3 is 4.74 Å². The van der Waals surface area contributed by atoms with Gasteiger partial charge in [-0.25, -0.2) is 0 Å². The molecule has 0 aliphatic heterocycles. The molecule has 0 aromatic rings. The minimum atomic E-state index is -1.78. The van der Waals surface area contributed by atoms with E-state index < -0.39 is 8.46 Å². The molecule has 0 aliphatic rings. The van der Waals surface area contributed by atoms with Gasteiger partial charge in [0.05, 0.1) is 0 Å². The van der Waals surface area contributed by atoms with Crippen LogP contribution in [-0.2, 0) is 9.53 Å². The normalized spacial score (nSPS) is 12.3. The molecule has 0 N–H and O–H groups in total. The van der Waals surface area contributed by atoms with E-state index in [9.17, 15) is 4.79 Å². The highest BCUT2D eigenvalue weighted by Crippen LogP contribution is 2.54. The second-order valence-electron chi connectivity index (χ2n) is 7.91. The van der Waals surface area contributed by atoms with Gasteiger partial charge in [0.1, 0.15) is 5.94 Å². The van der Waals surface area contributed by atoms with Crippen molar-refractivity contribution >= 4 is 35.8 Å². The molecule has 0 atom stereocenters. The number of halogens is 2. The smallest absolute Gasteiger partial charge is 0.306 e. The summed E-state index contributed by atoms with van der Waals surface area (Å²) in [6.45, 7) is 2.28. The minimum Gasteiger partial charge on any atom is -0.454 e. The van der Waals surface area contributed by atoms with Gasteiger partial charge in [0.25, 0.3) is 0 Å². The van der Waals surface area contributed by atoms with E-state index in [1.165, 1.54) is 96.3 Å². The predicted octanol–water partition coefficient (Wildman–Crippen LogP) is 9.27. The number of hydrogen-bond acceptors (Lipinski definition) is 2. The van der Waals surface area contributed by atoms with E-state index in [4.69, 9.17) is 26.1 Å². The number of carbonyl (C=O) groups excluding carboxylic acids is 1. The lowest BCUT2D eigenvalue weighted by atomic mass is 10.0. The third-order valence-electron chi connectivity index (χ3n) is 4.91. The van der Waals surface area contributed by atoms with E-state index in [2.05, 4.69) is 6.92 Å². The van der Waals surface area contributed by atoms with E-state index in [1.54, 1.807) is 6.26 Å². The summed E-state index contributed by atoms with van der Waals surface area (Å²) in [6, 6.07) is 0. The Morgan fingerprint density at radius 1 is 0.667 bits per heavy atom. The van der Waals surface area contributed by atoms with Crippen LogP contribution in [0.25, 0.3) is 0 Å². The Kier molecular flexibility index (Phi) is 20.0. The lowest BCUT2D eigenvalue weighted by molar-refractivity contribution is -0.141. The topological polar surface area (TPSA) is 26.3 Å². The molecule has 0 unspecified atom stereocenters. The molecule has 0 spiro atoms. The van der Waals surface area contributed by atoms with Crippen LogP contribution in [0, 0.1) is 0 Å². The number of rotatable bonds is 20. The number of carbonyl (C=O) groups is 1. The second-order valence-corrected chi connectivity index (χ2v) is 14.5. The lowest BCUT2D eigenvalue weighted by Crippen LogP contribution is -2.06. The van der Waals surface area contributed by atoms with Crippen LogP contribution < -0.4 is 0 Å². The van der Waals surface area contributed by atoms with Gasteiger partial charge >= 0.3 is 5.97 Å². The molecule has 164 valence electrons. The Balaban J connectivity index is 3.14. The van der Waals surface area contributed by atoms with Gasteiger partial charge in [0, 0.05) is 6.42 Å². The molecule has 0 radical (unpaired) electrons. The zero-order valence-electron chi connectivity index (χ0n) is 17.9. The lowest BCUT2D eigenvalue weighted by Gasteiger charge is -2.17. The molecule has 0 heterocycles. The third-order valence-corrected chi connectivity index (χ3v) is 5.98. The van der Waals surface area contributed by atoms with Crippen molar-refractivity contribution in [3.63, 3.8) is 0 Å². The monoisotopic (exact) mass is 442 g/mol. The van der Waals surface area contributed by atoms with Crippen molar-refractivity contribution in [3.05, 3.63) is 0 Å². The van der Waals surface area contributed by atoms with Gasteiger partial charge in [-0.05, 0) is 34.0 Å². The summed E-state index contributed by atoms with van der Waals surface area (Å²) in [4.78, 5) is 11.5. The van der Waals surface area contributed by atoms with Crippen molar-refractivity contribution in [1.82, 2.24) is 0 Å². The van der Waals surface area contributed by atoms with Crippen molar-refractivity contribution < 1.29 is 9.53 Å². The molecule has 0 aromatic heterocycles. The molecule has 0 aliphatic carbocycles. The highest BCUT2D eigenvalue weighted by Gasteiger charge is 2.13. The van der Waals surface area contributed by atoms with Crippen molar-refractivity contribution in [2.24, 2.45) is 0 Å². The van der Waals surface area contributed by atoms with Crippen LogP contribution in [0.3, 0.4) is 0 Å². The molecule has 0 saturated carbocycles. The molecule has 0 saturated heterocycles. The van der Waals surface area contributed by atoms with Crippen LogP contribution in [-0.4, -0.2) is 18.2 Å². The summed E-state index contributed by atoms with van der Waals surface area (Å²) in [7, 11) is 9.93. The molecular formula is C22H44Cl2O2S. The van der Waals surface area contributed by atoms with Crippen molar-refractivity contribution in [2.45, 2.75) is 122 Å². The minimum absolute atomic E-state index is 0.147. The van der Waals surface area contributed by atoms with Crippen LogP contribution >= 0.6 is 29.8 Å². The van der Waals surface area contributed by atoms with Gasteiger partial charge in [-0.1, -0.05) is 118 Å². The number of unbranched alkanes of at least 4 members (excludes halogenated alkanes) is 16. The summed E-state index contributed by atoms with van der Waals surface area (Å²) in [5.74, 6) is -0.0237. The van der Waals surface area contributed by atoms with Crippen molar-refractivity contribution in [1.29, 1.82) is 0 Å². The molecule has 5 heteroatoms. The van der Waals surface area contributed by atoms with Crippen LogP contribution in [0.1, 0.15) is 122 Å². The SMILES string of the molecule is CCCCCCCCCCCCCCCCCCCC(=O)OCS(C)(Cl)Cl. The Bertz CT molecular complexity index is 333. The van der Waals surface area contributed by atoms with Gasteiger partial charge in [0.2, 0.25) is 0 Å². The quantitative estimate of drug-likeness (QED) is 0.138. The van der Waals surface area contributed by atoms with Crippen molar-refractivity contribution in [3.8, 4) is 0 Å². The summed E-state index contributed by atoms with van der Waals surface area (Å²) in [6.07, 6.45) is 25.0. The van der Waals surface area contributed by atoms with Crippen LogP contribution in [0.15, 0.2) is 0 Å². The van der Waals surface area contributed by atoms with E-state index in [-0.39, 0.29) is 11.9 Å². The molecule has 2 nitrogen and oxygen atoms in total. The fraction of sp³-hybridized carbons (Fsp3) is 0.955. The molecule has 0 bridgehead atoms. The molecule has 0 rings (SSSR count). The molecular weight excluding hydrogens is 399 g/mol. The summed E-state index contributed by atoms with van der Waals surface area (Å²) in [5.41, 5.74) is 0. The van der Waals surface area contributed by atoms with Gasteiger partial charge in [0.15, 0.2) is 0 Å². The Morgan fingerprint density at radius 2 is 1.00 bits per heavy atom. The fourth-order valence-corrected chi connectivity index (χ4v) is 3.84. The standard InChI is InChI=1S/C22H44Cl2O2S/c1-3-4-5-6-7-8-9-10-11-12-13-14-15-16-17-18-19-20-22(25)26-21-27(2,23)24/h3-21H2,1-2H3. The highest BCUT2D eigenvalue weighted by molar-refractivity contribution is 8.65. The predicted molar refractivity (Wildman–Crippen MR) is 125 cm³/mol. The van der Waals surface area contributed by atoms with Crippen LogP contribution in [0.4, 0.5) is 0 Å². The largest absolute Gasteiger partial charge is 0.454 e. The van der Waals surface area contributed by atoms with Gasteiger partial charge in [-0.3, -0.25) is 4.79 Å². The van der Waals surface area contributed by atoms with Crippen LogP contribution in [0.5, 0.6) is 0 Å². The van der Waals surface area contributed by atoms with E-state index in [1.807, 2.05) is 0 Å². The Labute approximate surface area is 179 Å². The zero-order chi connectivity index (χ0) is 20.2. The average Bonchev–Trinajstić information content (AvgIpc) is 2.62. The van der Waals surface area contributed by atoms with Gasteiger partial charge in [-0.15, -0.1) is 0 Å². The summed E-state index contributed by atoms with van der Waals surface area (Å²) < 4.78 is 5.07. The summed E-state index contributed by atoms with van der Waals surface area (Å²) >= 11 is 0. The first-order chi connectivity index (χ1) is 13.0. The number of ether oxygens (including phenoxy) is 1. The van der Waals surface area contributed by atoms with Crippen LogP contribution in [0.2, 0.25) is 0 Å². The first kappa shape index (κ1) is 27.4. The van der Waals surface area contributed by atoms with Crippen molar-refractivity contribution in [2.75, 3.05) is 12.2 Å². The van der Waals surface area contributed by atoms with E-state index in [0.29, 0.717) is 6.42 Å². The third kappa shape index (κ3) is 24.4. The first-order valence-corrected chi connectivity index (χ1v) is 15.1.